The Morgan fingerprint density at radius 1 is 1.20 bits per heavy atom. The van der Waals surface area contributed by atoms with Crippen molar-refractivity contribution in [2.75, 3.05) is 31.6 Å². The summed E-state index contributed by atoms with van der Waals surface area (Å²) < 4.78 is 20.4. The number of ether oxygens (including phenoxy) is 1. The predicted molar refractivity (Wildman–Crippen MR) is 112 cm³/mol. The van der Waals surface area contributed by atoms with E-state index >= 15 is 0 Å². The number of morpholine rings is 1. The first kappa shape index (κ1) is 19.3. The molecule has 156 valence electrons. The summed E-state index contributed by atoms with van der Waals surface area (Å²) in [4.78, 5) is 19.8. The van der Waals surface area contributed by atoms with Gasteiger partial charge < -0.3 is 4.74 Å². The Hall–Kier alpha value is -2.62. The van der Waals surface area contributed by atoms with E-state index in [1.54, 1.807) is 16.8 Å². The lowest BCUT2D eigenvalue weighted by molar-refractivity contribution is 0.0337. The fourth-order valence-electron chi connectivity index (χ4n) is 4.00. The van der Waals surface area contributed by atoms with Crippen LogP contribution in [0.25, 0.3) is 5.69 Å². The van der Waals surface area contributed by atoms with Gasteiger partial charge >= 0.3 is 0 Å². The van der Waals surface area contributed by atoms with Crippen LogP contribution in [-0.2, 0) is 24.1 Å². The molecule has 0 spiro atoms. The van der Waals surface area contributed by atoms with E-state index in [0.717, 1.165) is 74.7 Å². The van der Waals surface area contributed by atoms with E-state index in [4.69, 9.17) is 4.74 Å². The zero-order chi connectivity index (χ0) is 20.5. The Bertz CT molecular complexity index is 1060. The Kier molecular flexibility index (Phi) is 5.32. The van der Waals surface area contributed by atoms with Crippen molar-refractivity contribution in [1.29, 1.82) is 0 Å². The van der Waals surface area contributed by atoms with E-state index in [1.165, 1.54) is 23.5 Å². The van der Waals surface area contributed by atoms with Crippen LogP contribution in [0.5, 0.6) is 0 Å². The lowest BCUT2D eigenvalue weighted by atomic mass is 10.2. The Balaban J connectivity index is 1.33. The van der Waals surface area contributed by atoms with Crippen LogP contribution in [0.3, 0.4) is 0 Å². The maximum atomic E-state index is 13.3. The van der Waals surface area contributed by atoms with Crippen molar-refractivity contribution in [3.05, 3.63) is 58.1 Å². The van der Waals surface area contributed by atoms with Crippen LogP contribution in [0.1, 0.15) is 33.9 Å². The highest BCUT2D eigenvalue weighted by Gasteiger charge is 2.27. The first-order chi connectivity index (χ1) is 14.7. The van der Waals surface area contributed by atoms with Crippen molar-refractivity contribution < 1.29 is 13.9 Å². The predicted octanol–water partition coefficient (Wildman–Crippen LogP) is 3.04. The van der Waals surface area contributed by atoms with Gasteiger partial charge in [-0.25, -0.2) is 14.1 Å². The fraction of sp³-hybridized carbons (Fsp3) is 0.381. The summed E-state index contributed by atoms with van der Waals surface area (Å²) >= 11 is 1.42. The standard InChI is InChI=1S/C21H22FN5O2S/c22-14-4-6-16(7-5-14)27-18-3-1-2-17(18)19(25-27)20(28)24-21-23-15(13-30-21)12-26-8-10-29-11-9-26/h4-7,13H,1-3,8-12H2,(H,23,24,28). The van der Waals surface area contributed by atoms with Gasteiger partial charge in [0.25, 0.3) is 5.91 Å². The number of hydrogen-bond acceptors (Lipinski definition) is 6. The molecule has 1 aromatic carbocycles. The lowest BCUT2D eigenvalue weighted by Crippen LogP contribution is -2.35. The fourth-order valence-corrected chi connectivity index (χ4v) is 4.69. The van der Waals surface area contributed by atoms with Gasteiger partial charge in [0, 0.05) is 36.3 Å². The number of carbonyl (C=O) groups excluding carboxylic acids is 1. The highest BCUT2D eigenvalue weighted by Crippen LogP contribution is 2.29. The molecular weight excluding hydrogens is 405 g/mol. The van der Waals surface area contributed by atoms with Gasteiger partial charge in [-0.2, -0.15) is 5.10 Å². The molecule has 7 nitrogen and oxygen atoms in total. The summed E-state index contributed by atoms with van der Waals surface area (Å²) in [5.41, 5.74) is 4.13. The average molecular weight is 428 g/mol. The molecule has 2 aromatic heterocycles. The minimum absolute atomic E-state index is 0.249. The number of aromatic nitrogens is 3. The number of benzene rings is 1. The van der Waals surface area contributed by atoms with Crippen molar-refractivity contribution >= 4 is 22.4 Å². The molecule has 30 heavy (non-hydrogen) atoms. The molecule has 0 atom stereocenters. The second-order valence-electron chi connectivity index (χ2n) is 7.50. The third-order valence-electron chi connectivity index (χ3n) is 5.48. The number of nitrogens with one attached hydrogen (secondary N) is 1. The maximum Gasteiger partial charge on any atom is 0.278 e. The molecule has 1 saturated heterocycles. The molecule has 1 fully saturated rings. The molecule has 0 saturated carbocycles. The summed E-state index contributed by atoms with van der Waals surface area (Å²) in [5.74, 6) is -0.543. The van der Waals surface area contributed by atoms with E-state index < -0.39 is 0 Å². The van der Waals surface area contributed by atoms with Crippen LogP contribution in [0.15, 0.2) is 29.6 Å². The summed E-state index contributed by atoms with van der Waals surface area (Å²) in [6.45, 7) is 4.04. The van der Waals surface area contributed by atoms with Crippen molar-refractivity contribution in [2.24, 2.45) is 0 Å². The van der Waals surface area contributed by atoms with Gasteiger partial charge in [-0.15, -0.1) is 11.3 Å². The van der Waals surface area contributed by atoms with Crippen molar-refractivity contribution in [3.8, 4) is 5.69 Å². The SMILES string of the molecule is O=C(Nc1nc(CN2CCOCC2)cs1)c1nn(-c2ccc(F)cc2)c2c1CCC2. The molecule has 3 heterocycles. The Morgan fingerprint density at radius 3 is 2.80 bits per heavy atom. The molecule has 2 aliphatic rings. The largest absolute Gasteiger partial charge is 0.379 e. The molecule has 9 heteroatoms. The number of fused-ring (bicyclic) bond motifs is 1. The van der Waals surface area contributed by atoms with Gasteiger partial charge in [-0.1, -0.05) is 0 Å². The molecular formula is C21H22FN5O2S. The summed E-state index contributed by atoms with van der Waals surface area (Å²) in [6, 6.07) is 6.18. The molecule has 0 bridgehead atoms. The topological polar surface area (TPSA) is 72.3 Å². The van der Waals surface area contributed by atoms with Crippen LogP contribution in [0.2, 0.25) is 0 Å². The minimum Gasteiger partial charge on any atom is -0.379 e. The first-order valence-electron chi connectivity index (χ1n) is 10.1. The quantitative estimate of drug-likeness (QED) is 0.678. The summed E-state index contributed by atoms with van der Waals surface area (Å²) in [6.07, 6.45) is 2.66. The van der Waals surface area contributed by atoms with Gasteiger partial charge in [0.15, 0.2) is 10.8 Å². The van der Waals surface area contributed by atoms with Crippen LogP contribution in [0, 0.1) is 5.82 Å². The molecule has 5 rings (SSSR count). The molecule has 0 radical (unpaired) electrons. The Labute approximate surface area is 177 Å². The van der Waals surface area contributed by atoms with Crippen molar-refractivity contribution in [1.82, 2.24) is 19.7 Å². The van der Waals surface area contributed by atoms with E-state index in [2.05, 4.69) is 20.3 Å². The van der Waals surface area contributed by atoms with E-state index in [0.29, 0.717) is 10.8 Å². The van der Waals surface area contributed by atoms with Gasteiger partial charge in [-0.05, 0) is 43.5 Å². The molecule has 1 amide bonds. The lowest BCUT2D eigenvalue weighted by Gasteiger charge is -2.25. The highest BCUT2D eigenvalue weighted by molar-refractivity contribution is 7.13. The molecule has 0 unspecified atom stereocenters. The van der Waals surface area contributed by atoms with Gasteiger partial charge in [-0.3, -0.25) is 15.0 Å². The molecule has 1 N–H and O–H groups in total. The number of carbonyl (C=O) groups is 1. The average Bonchev–Trinajstić information content (AvgIpc) is 3.47. The van der Waals surface area contributed by atoms with Crippen molar-refractivity contribution in [3.63, 3.8) is 0 Å². The second-order valence-corrected chi connectivity index (χ2v) is 8.36. The smallest absolute Gasteiger partial charge is 0.278 e. The van der Waals surface area contributed by atoms with Crippen LogP contribution in [-0.4, -0.2) is 51.9 Å². The van der Waals surface area contributed by atoms with Crippen LogP contribution < -0.4 is 5.32 Å². The number of anilines is 1. The van der Waals surface area contributed by atoms with Gasteiger partial charge in [0.2, 0.25) is 0 Å². The monoisotopic (exact) mass is 427 g/mol. The third-order valence-corrected chi connectivity index (χ3v) is 6.28. The number of amides is 1. The second kappa shape index (κ2) is 8.25. The van der Waals surface area contributed by atoms with E-state index in [-0.39, 0.29) is 11.7 Å². The number of halogens is 1. The van der Waals surface area contributed by atoms with E-state index in [9.17, 15) is 9.18 Å². The molecule has 1 aliphatic heterocycles. The molecule has 3 aromatic rings. The van der Waals surface area contributed by atoms with Crippen molar-refractivity contribution in [2.45, 2.75) is 25.8 Å². The van der Waals surface area contributed by atoms with Crippen LogP contribution in [0.4, 0.5) is 9.52 Å². The third kappa shape index (κ3) is 3.88. The number of nitrogens with zero attached hydrogens (tertiary/aromatic N) is 4. The summed E-state index contributed by atoms with van der Waals surface area (Å²) in [5, 5.41) is 10.0. The number of rotatable bonds is 5. The zero-order valence-electron chi connectivity index (χ0n) is 16.4. The van der Waals surface area contributed by atoms with Gasteiger partial charge in [0.1, 0.15) is 5.82 Å². The normalized spacial score (nSPS) is 16.6. The highest BCUT2D eigenvalue weighted by atomic mass is 32.1. The molecule has 1 aliphatic carbocycles. The number of thiazole rings is 1. The number of hydrogen-bond donors (Lipinski definition) is 1. The minimum atomic E-state index is -0.294. The Morgan fingerprint density at radius 2 is 2.00 bits per heavy atom. The van der Waals surface area contributed by atoms with Gasteiger partial charge in [0.05, 0.1) is 24.6 Å². The van der Waals surface area contributed by atoms with E-state index in [1.807, 2.05) is 5.38 Å². The maximum absolute atomic E-state index is 13.3. The summed E-state index contributed by atoms with van der Waals surface area (Å²) in [7, 11) is 0. The first-order valence-corrected chi connectivity index (χ1v) is 11.0. The van der Waals surface area contributed by atoms with Crippen LogP contribution >= 0.6 is 11.3 Å². The zero-order valence-corrected chi connectivity index (χ0v) is 17.3.